The first-order valence-electron chi connectivity index (χ1n) is 9.24. The minimum absolute atomic E-state index is 0.0603. The number of H-pyrrole nitrogens is 1. The molecule has 3 rings (SSSR count). The lowest BCUT2D eigenvalue weighted by Gasteiger charge is -2.33. The number of aromatic nitrogens is 2. The van der Waals surface area contributed by atoms with Gasteiger partial charge in [0.1, 0.15) is 22.6 Å². The van der Waals surface area contributed by atoms with Crippen LogP contribution in [0.25, 0.3) is 11.3 Å². The van der Waals surface area contributed by atoms with Crippen molar-refractivity contribution in [1.82, 2.24) is 15.3 Å². The van der Waals surface area contributed by atoms with Crippen LogP contribution in [0.1, 0.15) is 39.2 Å². The number of carbonyl (C=O) groups is 1. The van der Waals surface area contributed by atoms with E-state index in [2.05, 4.69) is 26.3 Å². The molecule has 0 saturated carbocycles. The number of nitrogens with zero attached hydrogens (tertiary/aromatic N) is 3. The van der Waals surface area contributed by atoms with Crippen molar-refractivity contribution >= 4 is 23.5 Å². The molecule has 28 heavy (non-hydrogen) atoms. The van der Waals surface area contributed by atoms with Gasteiger partial charge in [-0.05, 0) is 51.8 Å². The zero-order valence-electron chi connectivity index (χ0n) is 16.3. The zero-order valence-corrected chi connectivity index (χ0v) is 17.0. The van der Waals surface area contributed by atoms with Crippen LogP contribution >= 0.6 is 11.6 Å². The van der Waals surface area contributed by atoms with Crippen molar-refractivity contribution in [2.75, 3.05) is 18.0 Å². The first kappa shape index (κ1) is 20.0. The summed E-state index contributed by atoms with van der Waals surface area (Å²) >= 11 is 5.98. The van der Waals surface area contributed by atoms with Crippen molar-refractivity contribution < 1.29 is 9.53 Å². The fraction of sp³-hybridized carbons (Fsp3) is 0.450. The van der Waals surface area contributed by atoms with Crippen molar-refractivity contribution in [1.29, 1.82) is 5.26 Å². The third kappa shape index (κ3) is 4.96. The molecule has 0 aliphatic carbocycles. The second-order valence-corrected chi connectivity index (χ2v) is 8.22. The lowest BCUT2D eigenvalue weighted by Crippen LogP contribution is -2.46. The Labute approximate surface area is 169 Å². The highest BCUT2D eigenvalue weighted by atomic mass is 35.5. The molecular weight excluding hydrogens is 378 g/mol. The van der Waals surface area contributed by atoms with Gasteiger partial charge in [0.15, 0.2) is 0 Å². The molecule has 2 aromatic rings. The maximum Gasteiger partial charge on any atom is 0.407 e. The van der Waals surface area contributed by atoms with Gasteiger partial charge in [0.2, 0.25) is 0 Å². The molecule has 2 N–H and O–H groups in total. The van der Waals surface area contributed by atoms with E-state index < -0.39 is 5.60 Å². The Morgan fingerprint density at radius 1 is 1.39 bits per heavy atom. The van der Waals surface area contributed by atoms with Crippen LogP contribution in [0.2, 0.25) is 5.15 Å². The Bertz CT molecular complexity index is 889. The Morgan fingerprint density at radius 2 is 2.11 bits per heavy atom. The minimum atomic E-state index is -0.511. The monoisotopic (exact) mass is 401 g/mol. The number of amides is 1. The average molecular weight is 402 g/mol. The predicted molar refractivity (Wildman–Crippen MR) is 108 cm³/mol. The number of ether oxygens (including phenoxy) is 1. The predicted octanol–water partition coefficient (Wildman–Crippen LogP) is 4.10. The van der Waals surface area contributed by atoms with Gasteiger partial charge in [0, 0.05) is 36.6 Å². The van der Waals surface area contributed by atoms with Gasteiger partial charge in [0.05, 0.1) is 5.56 Å². The number of carbonyl (C=O) groups excluding carboxylic acids is 1. The summed E-state index contributed by atoms with van der Waals surface area (Å²) in [4.78, 5) is 21.4. The number of rotatable bonds is 3. The van der Waals surface area contributed by atoms with E-state index >= 15 is 0 Å². The number of hydrogen-bond donors (Lipinski definition) is 2. The first-order valence-corrected chi connectivity index (χ1v) is 9.62. The number of hydrogen-bond acceptors (Lipinski definition) is 5. The van der Waals surface area contributed by atoms with E-state index in [1.54, 1.807) is 12.3 Å². The molecule has 1 fully saturated rings. The molecule has 0 aromatic carbocycles. The third-order valence-corrected chi connectivity index (χ3v) is 4.69. The van der Waals surface area contributed by atoms with Gasteiger partial charge in [0.25, 0.3) is 0 Å². The van der Waals surface area contributed by atoms with Crippen molar-refractivity contribution in [2.45, 2.75) is 45.3 Å². The summed E-state index contributed by atoms with van der Waals surface area (Å²) < 4.78 is 5.32. The fourth-order valence-electron chi connectivity index (χ4n) is 3.23. The summed E-state index contributed by atoms with van der Waals surface area (Å²) in [5, 5.41) is 12.9. The Hall–Kier alpha value is -2.72. The SMILES string of the molecule is CC(C)(C)OC(=O)NC1CCN(c2[nH]c(-c3ccnc(Cl)c3)cc2C#N)CC1. The van der Waals surface area contributed by atoms with E-state index in [0.29, 0.717) is 10.7 Å². The molecule has 0 radical (unpaired) electrons. The number of nitrogens with one attached hydrogen (secondary N) is 2. The highest BCUT2D eigenvalue weighted by molar-refractivity contribution is 6.29. The van der Waals surface area contributed by atoms with E-state index in [1.165, 1.54) is 0 Å². The Morgan fingerprint density at radius 3 is 2.71 bits per heavy atom. The molecule has 1 aliphatic rings. The van der Waals surface area contributed by atoms with Crippen LogP contribution in [0.4, 0.5) is 10.6 Å². The van der Waals surface area contributed by atoms with Crippen LogP contribution in [0, 0.1) is 11.3 Å². The largest absolute Gasteiger partial charge is 0.444 e. The van der Waals surface area contributed by atoms with Gasteiger partial charge in [-0.3, -0.25) is 0 Å². The molecule has 1 aliphatic heterocycles. The van der Waals surface area contributed by atoms with Gasteiger partial charge in [-0.25, -0.2) is 9.78 Å². The highest BCUT2D eigenvalue weighted by Crippen LogP contribution is 2.29. The van der Waals surface area contributed by atoms with Gasteiger partial charge in [-0.1, -0.05) is 11.6 Å². The van der Waals surface area contributed by atoms with Crippen LogP contribution in [0.3, 0.4) is 0 Å². The second-order valence-electron chi connectivity index (χ2n) is 7.83. The summed E-state index contributed by atoms with van der Waals surface area (Å²) in [6.07, 6.45) is 2.80. The molecule has 2 aromatic heterocycles. The molecule has 8 heteroatoms. The first-order chi connectivity index (χ1) is 13.2. The van der Waals surface area contributed by atoms with Crippen LogP contribution < -0.4 is 10.2 Å². The quantitative estimate of drug-likeness (QED) is 0.755. The number of alkyl carbamates (subject to hydrolysis) is 1. The van der Waals surface area contributed by atoms with Crippen molar-refractivity contribution in [3.63, 3.8) is 0 Å². The van der Waals surface area contributed by atoms with Crippen molar-refractivity contribution in [2.24, 2.45) is 0 Å². The van der Waals surface area contributed by atoms with Crippen molar-refractivity contribution in [3.05, 3.63) is 35.1 Å². The standard InChI is InChI=1S/C20H24ClN5O2/c1-20(2,3)28-19(27)24-15-5-8-26(9-6-15)18-14(12-22)10-16(25-18)13-4-7-23-17(21)11-13/h4,7,10-11,15,25H,5-6,8-9H2,1-3H3,(H,24,27). The van der Waals surface area contributed by atoms with E-state index in [-0.39, 0.29) is 12.1 Å². The molecule has 0 atom stereocenters. The average Bonchev–Trinajstić information content (AvgIpc) is 3.05. The van der Waals surface area contributed by atoms with Gasteiger partial charge >= 0.3 is 6.09 Å². The summed E-state index contributed by atoms with van der Waals surface area (Å²) in [7, 11) is 0. The smallest absolute Gasteiger partial charge is 0.407 e. The van der Waals surface area contributed by atoms with E-state index in [0.717, 1.165) is 43.0 Å². The number of anilines is 1. The molecule has 7 nitrogen and oxygen atoms in total. The molecule has 1 amide bonds. The van der Waals surface area contributed by atoms with Crippen LogP contribution in [0.15, 0.2) is 24.4 Å². The van der Waals surface area contributed by atoms with E-state index in [9.17, 15) is 10.1 Å². The normalized spacial score (nSPS) is 15.2. The summed E-state index contributed by atoms with van der Waals surface area (Å²) in [6, 6.07) is 7.75. The number of piperidine rings is 1. The van der Waals surface area contributed by atoms with E-state index in [1.807, 2.05) is 32.9 Å². The van der Waals surface area contributed by atoms with Gasteiger partial charge in [-0.2, -0.15) is 5.26 Å². The van der Waals surface area contributed by atoms with Crippen LogP contribution in [-0.4, -0.2) is 40.8 Å². The third-order valence-electron chi connectivity index (χ3n) is 4.49. The topological polar surface area (TPSA) is 94.0 Å². The van der Waals surface area contributed by atoms with E-state index in [4.69, 9.17) is 16.3 Å². The summed E-state index contributed by atoms with van der Waals surface area (Å²) in [6.45, 7) is 6.99. The lowest BCUT2D eigenvalue weighted by atomic mass is 10.0. The van der Waals surface area contributed by atoms with Gasteiger partial charge in [-0.15, -0.1) is 0 Å². The zero-order chi connectivity index (χ0) is 20.3. The number of nitriles is 1. The molecule has 0 spiro atoms. The molecular formula is C20H24ClN5O2. The Kier molecular flexibility index (Phi) is 5.80. The lowest BCUT2D eigenvalue weighted by molar-refractivity contribution is 0.0497. The molecule has 1 saturated heterocycles. The van der Waals surface area contributed by atoms with Crippen LogP contribution in [0.5, 0.6) is 0 Å². The molecule has 3 heterocycles. The Balaban J connectivity index is 1.66. The van der Waals surface area contributed by atoms with Crippen molar-refractivity contribution in [3.8, 4) is 17.3 Å². The molecule has 148 valence electrons. The number of aromatic amines is 1. The van der Waals surface area contributed by atoms with Crippen LogP contribution in [-0.2, 0) is 4.74 Å². The minimum Gasteiger partial charge on any atom is -0.444 e. The maximum atomic E-state index is 12.0. The second kappa shape index (κ2) is 8.11. The number of halogens is 1. The number of pyridine rings is 1. The highest BCUT2D eigenvalue weighted by Gasteiger charge is 2.25. The van der Waals surface area contributed by atoms with Gasteiger partial charge < -0.3 is 19.9 Å². The summed E-state index contributed by atoms with van der Waals surface area (Å²) in [5.74, 6) is 0.793. The maximum absolute atomic E-state index is 12.0. The fourth-order valence-corrected chi connectivity index (χ4v) is 3.40. The summed E-state index contributed by atoms with van der Waals surface area (Å²) in [5.41, 5.74) is 1.78. The molecule has 0 unspecified atom stereocenters. The molecule has 0 bridgehead atoms.